The summed E-state index contributed by atoms with van der Waals surface area (Å²) < 4.78 is 0. The third-order valence-electron chi connectivity index (χ3n) is 5.09. The Morgan fingerprint density at radius 3 is 2.29 bits per heavy atom. The number of aryl methyl sites for hydroxylation is 1. The first-order valence-corrected chi connectivity index (χ1v) is 8.80. The molecule has 2 unspecified atom stereocenters. The molecule has 1 aliphatic rings. The van der Waals surface area contributed by atoms with E-state index in [0.717, 1.165) is 17.5 Å². The van der Waals surface area contributed by atoms with E-state index in [1.165, 1.54) is 0 Å². The maximum atomic E-state index is 12.5. The molecular weight excluding hydrogens is 302 g/mol. The number of amides is 2. The van der Waals surface area contributed by atoms with Crippen LogP contribution in [0, 0.1) is 12.8 Å². The maximum absolute atomic E-state index is 12.5. The Hall–Kier alpha value is -1.88. The van der Waals surface area contributed by atoms with E-state index in [0.29, 0.717) is 32.6 Å². The van der Waals surface area contributed by atoms with Gasteiger partial charge in [-0.1, -0.05) is 44.5 Å². The molecule has 1 aromatic carbocycles. The van der Waals surface area contributed by atoms with Crippen molar-refractivity contribution in [2.75, 3.05) is 26.2 Å². The standard InChI is InChI=1S/C19H29N3O2/c1-4-14(2)18(20)19(24)22-11-9-21(10-12-22)17(23)13-16-8-6-5-7-15(16)3/h5-8,14,18H,4,9-13,20H2,1-3H3. The molecule has 5 nitrogen and oxygen atoms in total. The Kier molecular flexibility index (Phi) is 6.37. The quantitative estimate of drug-likeness (QED) is 0.891. The lowest BCUT2D eigenvalue weighted by Crippen LogP contribution is -2.55. The molecule has 0 bridgehead atoms. The predicted molar refractivity (Wildman–Crippen MR) is 95.5 cm³/mol. The van der Waals surface area contributed by atoms with Crippen molar-refractivity contribution in [3.8, 4) is 0 Å². The minimum absolute atomic E-state index is 0.00959. The zero-order valence-electron chi connectivity index (χ0n) is 15.0. The van der Waals surface area contributed by atoms with Crippen molar-refractivity contribution in [2.45, 2.75) is 39.7 Å². The van der Waals surface area contributed by atoms with E-state index in [2.05, 4.69) is 0 Å². The van der Waals surface area contributed by atoms with Gasteiger partial charge in [0.1, 0.15) is 0 Å². The molecule has 0 aliphatic carbocycles. The van der Waals surface area contributed by atoms with E-state index in [1.54, 1.807) is 4.90 Å². The van der Waals surface area contributed by atoms with Gasteiger partial charge in [-0.3, -0.25) is 9.59 Å². The number of piperazine rings is 1. The number of nitrogens with two attached hydrogens (primary N) is 1. The fourth-order valence-corrected chi connectivity index (χ4v) is 2.97. The van der Waals surface area contributed by atoms with Gasteiger partial charge in [-0.2, -0.15) is 0 Å². The van der Waals surface area contributed by atoms with Crippen molar-refractivity contribution < 1.29 is 9.59 Å². The molecule has 2 amide bonds. The fourth-order valence-electron chi connectivity index (χ4n) is 2.97. The van der Waals surface area contributed by atoms with Crippen LogP contribution in [0.4, 0.5) is 0 Å². The molecule has 1 saturated heterocycles. The highest BCUT2D eigenvalue weighted by Crippen LogP contribution is 2.13. The summed E-state index contributed by atoms with van der Waals surface area (Å²) in [5.74, 6) is 0.316. The van der Waals surface area contributed by atoms with Gasteiger partial charge in [-0.05, 0) is 24.0 Å². The highest BCUT2D eigenvalue weighted by atomic mass is 16.2. The van der Waals surface area contributed by atoms with Crippen molar-refractivity contribution in [3.05, 3.63) is 35.4 Å². The molecular formula is C19H29N3O2. The third kappa shape index (κ3) is 4.35. The molecule has 0 aromatic heterocycles. The second-order valence-corrected chi connectivity index (χ2v) is 6.72. The molecule has 2 atom stereocenters. The van der Waals surface area contributed by atoms with Crippen LogP contribution in [0.15, 0.2) is 24.3 Å². The van der Waals surface area contributed by atoms with Crippen LogP contribution in [-0.2, 0) is 16.0 Å². The van der Waals surface area contributed by atoms with E-state index in [4.69, 9.17) is 5.73 Å². The van der Waals surface area contributed by atoms with E-state index in [-0.39, 0.29) is 17.7 Å². The topological polar surface area (TPSA) is 66.6 Å². The van der Waals surface area contributed by atoms with E-state index >= 15 is 0 Å². The molecule has 1 aromatic rings. The third-order valence-corrected chi connectivity index (χ3v) is 5.09. The van der Waals surface area contributed by atoms with Gasteiger partial charge >= 0.3 is 0 Å². The fraction of sp³-hybridized carbons (Fsp3) is 0.579. The molecule has 132 valence electrons. The molecule has 2 N–H and O–H groups in total. The summed E-state index contributed by atoms with van der Waals surface area (Å²) in [6.07, 6.45) is 1.31. The Morgan fingerprint density at radius 2 is 1.71 bits per heavy atom. The normalized spacial score (nSPS) is 17.5. The number of hydrogen-bond acceptors (Lipinski definition) is 3. The summed E-state index contributed by atoms with van der Waals surface area (Å²) in [5.41, 5.74) is 8.25. The first-order valence-electron chi connectivity index (χ1n) is 8.80. The zero-order chi connectivity index (χ0) is 17.7. The Bertz CT molecular complexity index is 580. The first kappa shape index (κ1) is 18.5. The van der Waals surface area contributed by atoms with Crippen molar-refractivity contribution in [3.63, 3.8) is 0 Å². The minimum Gasteiger partial charge on any atom is -0.339 e. The molecule has 24 heavy (non-hydrogen) atoms. The second kappa shape index (κ2) is 8.29. The van der Waals surface area contributed by atoms with Crippen LogP contribution in [-0.4, -0.2) is 53.8 Å². The highest BCUT2D eigenvalue weighted by molar-refractivity contribution is 5.83. The average Bonchev–Trinajstić information content (AvgIpc) is 2.61. The lowest BCUT2D eigenvalue weighted by Gasteiger charge is -2.36. The Balaban J connectivity index is 1.87. The number of carbonyl (C=O) groups is 2. The van der Waals surface area contributed by atoms with Crippen molar-refractivity contribution >= 4 is 11.8 Å². The van der Waals surface area contributed by atoms with Gasteiger partial charge in [0.2, 0.25) is 11.8 Å². The number of nitrogens with zero attached hydrogens (tertiary/aromatic N) is 2. The number of benzene rings is 1. The van der Waals surface area contributed by atoms with Gasteiger partial charge in [-0.15, -0.1) is 0 Å². The number of carbonyl (C=O) groups excluding carboxylic acids is 2. The molecule has 5 heteroatoms. The molecule has 0 saturated carbocycles. The second-order valence-electron chi connectivity index (χ2n) is 6.72. The van der Waals surface area contributed by atoms with Crippen LogP contribution in [0.2, 0.25) is 0 Å². The maximum Gasteiger partial charge on any atom is 0.239 e. The molecule has 2 rings (SSSR count). The van der Waals surface area contributed by atoms with Gasteiger partial charge in [0.05, 0.1) is 12.5 Å². The smallest absolute Gasteiger partial charge is 0.239 e. The van der Waals surface area contributed by atoms with Gasteiger partial charge < -0.3 is 15.5 Å². The largest absolute Gasteiger partial charge is 0.339 e. The lowest BCUT2D eigenvalue weighted by molar-refractivity contribution is -0.140. The van der Waals surface area contributed by atoms with Crippen molar-refractivity contribution in [1.29, 1.82) is 0 Å². The number of rotatable bonds is 5. The van der Waals surface area contributed by atoms with Crippen LogP contribution >= 0.6 is 0 Å². The van der Waals surface area contributed by atoms with Crippen LogP contribution in [0.25, 0.3) is 0 Å². The molecule has 1 aliphatic heterocycles. The lowest BCUT2D eigenvalue weighted by atomic mass is 9.98. The summed E-state index contributed by atoms with van der Waals surface area (Å²) in [6.45, 7) is 8.39. The Morgan fingerprint density at radius 1 is 1.12 bits per heavy atom. The number of hydrogen-bond donors (Lipinski definition) is 1. The van der Waals surface area contributed by atoms with Gasteiger partial charge in [0, 0.05) is 26.2 Å². The molecule has 0 radical (unpaired) electrons. The van der Waals surface area contributed by atoms with Crippen molar-refractivity contribution in [1.82, 2.24) is 9.80 Å². The van der Waals surface area contributed by atoms with Crippen molar-refractivity contribution in [2.24, 2.45) is 11.7 Å². The molecule has 1 fully saturated rings. The van der Waals surface area contributed by atoms with E-state index < -0.39 is 6.04 Å². The summed E-state index contributed by atoms with van der Waals surface area (Å²) in [4.78, 5) is 28.5. The predicted octanol–water partition coefficient (Wildman–Crippen LogP) is 1.58. The monoisotopic (exact) mass is 331 g/mol. The van der Waals surface area contributed by atoms with Crippen LogP contribution < -0.4 is 5.73 Å². The minimum atomic E-state index is -0.441. The highest BCUT2D eigenvalue weighted by Gasteiger charge is 2.29. The average molecular weight is 331 g/mol. The Labute approximate surface area is 144 Å². The summed E-state index contributed by atoms with van der Waals surface area (Å²) >= 11 is 0. The van der Waals surface area contributed by atoms with Crippen LogP contribution in [0.5, 0.6) is 0 Å². The molecule has 0 spiro atoms. The van der Waals surface area contributed by atoms with Gasteiger partial charge in [0.25, 0.3) is 0 Å². The van der Waals surface area contributed by atoms with E-state index in [1.807, 2.05) is 49.9 Å². The molecule has 1 heterocycles. The summed E-state index contributed by atoms with van der Waals surface area (Å²) in [5, 5.41) is 0. The SMILES string of the molecule is CCC(C)C(N)C(=O)N1CCN(C(=O)Cc2ccccc2C)CC1. The summed E-state index contributed by atoms with van der Waals surface area (Å²) in [7, 11) is 0. The summed E-state index contributed by atoms with van der Waals surface area (Å²) in [6, 6.07) is 7.52. The zero-order valence-corrected chi connectivity index (χ0v) is 15.0. The van der Waals surface area contributed by atoms with Crippen LogP contribution in [0.1, 0.15) is 31.4 Å². The first-order chi connectivity index (χ1) is 11.4. The van der Waals surface area contributed by atoms with E-state index in [9.17, 15) is 9.59 Å². The van der Waals surface area contributed by atoms with Crippen LogP contribution in [0.3, 0.4) is 0 Å². The van der Waals surface area contributed by atoms with Gasteiger partial charge in [0.15, 0.2) is 0 Å². The van der Waals surface area contributed by atoms with Gasteiger partial charge in [-0.25, -0.2) is 0 Å².